The van der Waals surface area contributed by atoms with Gasteiger partial charge in [0.1, 0.15) is 6.07 Å². The van der Waals surface area contributed by atoms with Crippen molar-refractivity contribution in [1.29, 1.82) is 5.26 Å². The Balaban J connectivity index is 2.85. The average Bonchev–Trinajstić information content (AvgIpc) is 2.47. The van der Waals surface area contributed by atoms with Gasteiger partial charge in [0, 0.05) is 24.5 Å². The van der Waals surface area contributed by atoms with Gasteiger partial charge in [-0.25, -0.2) is 4.79 Å². The Hall–Kier alpha value is -2.81. The van der Waals surface area contributed by atoms with Crippen LogP contribution in [0.4, 0.5) is 5.69 Å². The summed E-state index contributed by atoms with van der Waals surface area (Å²) in [6.45, 7) is 1.86. The van der Waals surface area contributed by atoms with Gasteiger partial charge in [-0.3, -0.25) is 4.79 Å². The highest BCUT2D eigenvalue weighted by Gasteiger charge is 2.09. The number of nitrogens with one attached hydrogen (secondary N) is 2. The van der Waals surface area contributed by atoms with E-state index in [0.29, 0.717) is 11.3 Å². The van der Waals surface area contributed by atoms with E-state index in [2.05, 4.69) is 10.6 Å². The van der Waals surface area contributed by atoms with E-state index in [1.165, 1.54) is 13.2 Å². The standard InChI is InChI=1S/C14H15N3O3/c1-3-20-14(19)11(8-15)9-17-12-6-4-5-10(7-12)13(18)16-2/h4-7,9,17H,3H2,1-2H3,(H,16,18)/b11-9+. The van der Waals surface area contributed by atoms with Gasteiger partial charge in [-0.15, -0.1) is 0 Å². The molecule has 6 heteroatoms. The highest BCUT2D eigenvalue weighted by Crippen LogP contribution is 2.11. The summed E-state index contributed by atoms with van der Waals surface area (Å²) in [5.74, 6) is -0.909. The molecule has 0 unspecified atom stereocenters. The predicted molar refractivity (Wildman–Crippen MR) is 73.8 cm³/mol. The molecule has 0 radical (unpaired) electrons. The highest BCUT2D eigenvalue weighted by atomic mass is 16.5. The van der Waals surface area contributed by atoms with E-state index in [4.69, 9.17) is 10.00 Å². The molecule has 1 amide bonds. The molecule has 1 rings (SSSR count). The van der Waals surface area contributed by atoms with Crippen LogP contribution in [0.5, 0.6) is 0 Å². The molecule has 0 saturated carbocycles. The number of hydrogen-bond donors (Lipinski definition) is 2. The molecule has 0 aliphatic heterocycles. The number of carbonyl (C=O) groups is 2. The van der Waals surface area contributed by atoms with Crippen LogP contribution < -0.4 is 10.6 Å². The van der Waals surface area contributed by atoms with Crippen LogP contribution in [-0.4, -0.2) is 25.5 Å². The van der Waals surface area contributed by atoms with E-state index < -0.39 is 5.97 Å². The number of hydrogen-bond acceptors (Lipinski definition) is 5. The van der Waals surface area contributed by atoms with Gasteiger partial charge >= 0.3 is 5.97 Å². The lowest BCUT2D eigenvalue weighted by Crippen LogP contribution is -2.17. The van der Waals surface area contributed by atoms with Crippen LogP contribution in [0.1, 0.15) is 17.3 Å². The lowest BCUT2D eigenvalue weighted by Gasteiger charge is -2.05. The smallest absolute Gasteiger partial charge is 0.350 e. The van der Waals surface area contributed by atoms with Gasteiger partial charge in [0.2, 0.25) is 0 Å². The zero-order valence-corrected chi connectivity index (χ0v) is 11.3. The second kappa shape index (κ2) is 7.59. The first-order chi connectivity index (χ1) is 9.62. The number of nitrogens with zero attached hydrogens (tertiary/aromatic N) is 1. The molecule has 1 aromatic rings. The number of rotatable bonds is 5. The minimum Gasteiger partial charge on any atom is -0.462 e. The van der Waals surface area contributed by atoms with Crippen LogP contribution >= 0.6 is 0 Å². The molecule has 0 aliphatic carbocycles. The fraction of sp³-hybridized carbons (Fsp3) is 0.214. The molecular formula is C14H15N3O3. The van der Waals surface area contributed by atoms with Crippen LogP contribution in [-0.2, 0) is 9.53 Å². The van der Waals surface area contributed by atoms with Gasteiger partial charge in [0.15, 0.2) is 5.57 Å². The zero-order valence-electron chi connectivity index (χ0n) is 11.3. The number of nitriles is 1. The van der Waals surface area contributed by atoms with Crippen LogP contribution in [0.2, 0.25) is 0 Å². The largest absolute Gasteiger partial charge is 0.462 e. The quantitative estimate of drug-likeness (QED) is 0.481. The van der Waals surface area contributed by atoms with Crippen molar-refractivity contribution >= 4 is 17.6 Å². The van der Waals surface area contributed by atoms with Crippen molar-refractivity contribution in [3.05, 3.63) is 41.6 Å². The fourth-order valence-corrected chi connectivity index (χ4v) is 1.40. The van der Waals surface area contributed by atoms with Crippen molar-refractivity contribution in [2.75, 3.05) is 19.0 Å². The Morgan fingerprint density at radius 1 is 1.45 bits per heavy atom. The molecule has 0 heterocycles. The van der Waals surface area contributed by atoms with Gasteiger partial charge in [0.25, 0.3) is 5.91 Å². The van der Waals surface area contributed by atoms with E-state index >= 15 is 0 Å². The first-order valence-electron chi connectivity index (χ1n) is 5.98. The van der Waals surface area contributed by atoms with Crippen molar-refractivity contribution < 1.29 is 14.3 Å². The predicted octanol–water partition coefficient (Wildman–Crippen LogP) is 1.43. The normalized spacial score (nSPS) is 10.3. The topological polar surface area (TPSA) is 91.2 Å². The Kier molecular flexibility index (Phi) is 5.78. The number of carbonyl (C=O) groups excluding carboxylic acids is 2. The monoisotopic (exact) mass is 273 g/mol. The maximum absolute atomic E-state index is 11.5. The average molecular weight is 273 g/mol. The van der Waals surface area contributed by atoms with Crippen LogP contribution in [0.25, 0.3) is 0 Å². The van der Waals surface area contributed by atoms with Gasteiger partial charge < -0.3 is 15.4 Å². The minimum absolute atomic E-state index is 0.141. The van der Waals surface area contributed by atoms with Crippen molar-refractivity contribution in [2.45, 2.75) is 6.92 Å². The first-order valence-corrected chi connectivity index (χ1v) is 5.98. The fourth-order valence-electron chi connectivity index (χ4n) is 1.40. The van der Waals surface area contributed by atoms with Crippen molar-refractivity contribution in [2.24, 2.45) is 0 Å². The van der Waals surface area contributed by atoms with E-state index in [-0.39, 0.29) is 18.1 Å². The van der Waals surface area contributed by atoms with E-state index in [9.17, 15) is 9.59 Å². The molecule has 0 saturated heterocycles. The molecule has 20 heavy (non-hydrogen) atoms. The summed E-state index contributed by atoms with van der Waals surface area (Å²) >= 11 is 0. The second-order valence-electron chi connectivity index (χ2n) is 3.69. The number of amides is 1. The molecule has 6 nitrogen and oxygen atoms in total. The number of anilines is 1. The Bertz CT molecular complexity index is 573. The van der Waals surface area contributed by atoms with Crippen molar-refractivity contribution in [3.63, 3.8) is 0 Å². The molecule has 0 aliphatic rings. The third-order valence-electron chi connectivity index (χ3n) is 2.35. The van der Waals surface area contributed by atoms with Crippen LogP contribution in [0.3, 0.4) is 0 Å². The van der Waals surface area contributed by atoms with Gasteiger partial charge in [-0.05, 0) is 25.1 Å². The molecular weight excluding hydrogens is 258 g/mol. The SMILES string of the molecule is CCOC(=O)/C(C#N)=C/Nc1cccc(C(=O)NC)c1. The minimum atomic E-state index is -0.690. The Morgan fingerprint density at radius 3 is 2.80 bits per heavy atom. The summed E-state index contributed by atoms with van der Waals surface area (Å²) < 4.78 is 4.73. The summed E-state index contributed by atoms with van der Waals surface area (Å²) in [5, 5.41) is 14.2. The molecule has 104 valence electrons. The Morgan fingerprint density at radius 2 is 2.20 bits per heavy atom. The molecule has 0 aromatic heterocycles. The number of ether oxygens (including phenoxy) is 1. The number of esters is 1. The van der Waals surface area contributed by atoms with Crippen molar-refractivity contribution in [1.82, 2.24) is 5.32 Å². The van der Waals surface area contributed by atoms with Crippen molar-refractivity contribution in [3.8, 4) is 6.07 Å². The van der Waals surface area contributed by atoms with Gasteiger partial charge in [-0.2, -0.15) is 5.26 Å². The molecule has 0 atom stereocenters. The third-order valence-corrected chi connectivity index (χ3v) is 2.35. The van der Waals surface area contributed by atoms with Gasteiger partial charge in [-0.1, -0.05) is 6.07 Å². The zero-order chi connectivity index (χ0) is 15.0. The molecule has 0 fully saturated rings. The summed E-state index contributed by atoms with van der Waals surface area (Å²) in [4.78, 5) is 22.9. The van der Waals surface area contributed by atoms with Gasteiger partial charge in [0.05, 0.1) is 6.61 Å². The highest BCUT2D eigenvalue weighted by molar-refractivity contribution is 5.95. The summed E-state index contributed by atoms with van der Waals surface area (Å²) in [6.07, 6.45) is 1.25. The molecule has 1 aromatic carbocycles. The maximum Gasteiger partial charge on any atom is 0.350 e. The maximum atomic E-state index is 11.5. The van der Waals surface area contributed by atoms with Crippen LogP contribution in [0.15, 0.2) is 36.0 Å². The lowest BCUT2D eigenvalue weighted by atomic mass is 10.2. The third kappa shape index (κ3) is 4.14. The number of benzene rings is 1. The van der Waals surface area contributed by atoms with E-state index in [0.717, 1.165) is 0 Å². The molecule has 0 spiro atoms. The molecule has 2 N–H and O–H groups in total. The Labute approximate surface area is 117 Å². The summed E-state index contributed by atoms with van der Waals surface area (Å²) in [7, 11) is 1.54. The lowest BCUT2D eigenvalue weighted by molar-refractivity contribution is -0.138. The van der Waals surface area contributed by atoms with E-state index in [1.807, 2.05) is 0 Å². The first kappa shape index (κ1) is 15.2. The summed E-state index contributed by atoms with van der Waals surface area (Å²) in [6, 6.07) is 8.42. The second-order valence-corrected chi connectivity index (χ2v) is 3.69. The van der Waals surface area contributed by atoms with E-state index in [1.54, 1.807) is 37.3 Å². The summed E-state index contributed by atoms with van der Waals surface area (Å²) in [5.41, 5.74) is 0.917. The van der Waals surface area contributed by atoms with Crippen LogP contribution in [0, 0.1) is 11.3 Å². The molecule has 0 bridgehead atoms.